The van der Waals surface area contributed by atoms with E-state index in [1.807, 2.05) is 0 Å². The lowest BCUT2D eigenvalue weighted by atomic mass is 10.2. The lowest BCUT2D eigenvalue weighted by Crippen LogP contribution is -1.92. The summed E-state index contributed by atoms with van der Waals surface area (Å²) in [5.74, 6) is 0. The van der Waals surface area contributed by atoms with Crippen LogP contribution >= 0.6 is 11.6 Å². The fourth-order valence-electron chi connectivity index (χ4n) is 0.733. The molecule has 1 aromatic carbocycles. The van der Waals surface area contributed by atoms with Crippen molar-refractivity contribution in [1.82, 2.24) is 0 Å². The molecule has 1 rings (SSSR count). The molecule has 0 heterocycles. The molecular weight excluding hydrogens is 198 g/mol. The van der Waals surface area contributed by atoms with Gasteiger partial charge < -0.3 is 4.55 Å². The number of nitrogens with zero attached hydrogens (tertiary/aromatic N) is 1. The molecule has 5 heteroatoms. The maximum absolute atomic E-state index is 10.6. The normalized spacial score (nSPS) is 12.1. The van der Waals surface area contributed by atoms with Crippen LogP contribution in [-0.4, -0.2) is 8.76 Å². The molecule has 0 amide bonds. The summed E-state index contributed by atoms with van der Waals surface area (Å²) in [5, 5.41) is 8.86. The third kappa shape index (κ3) is 1.83. The topological polar surface area (TPSA) is 61.1 Å². The maximum Gasteiger partial charge on any atom is 0.187 e. The van der Waals surface area contributed by atoms with E-state index in [1.54, 1.807) is 6.07 Å². The zero-order chi connectivity index (χ0) is 9.14. The van der Waals surface area contributed by atoms with Gasteiger partial charge in [-0.25, -0.2) is 4.21 Å². The molecule has 3 nitrogen and oxygen atoms in total. The lowest BCUT2D eigenvalue weighted by Gasteiger charge is -1.97. The average Bonchev–Trinajstić information content (AvgIpc) is 2.04. The van der Waals surface area contributed by atoms with Crippen LogP contribution in [0.1, 0.15) is 5.56 Å². The van der Waals surface area contributed by atoms with E-state index in [2.05, 4.69) is 0 Å². The van der Waals surface area contributed by atoms with Crippen molar-refractivity contribution in [2.24, 2.45) is 0 Å². The highest BCUT2D eigenvalue weighted by Gasteiger charge is 2.07. The van der Waals surface area contributed by atoms with Crippen LogP contribution < -0.4 is 0 Å². The van der Waals surface area contributed by atoms with Gasteiger partial charge in [-0.15, -0.1) is 0 Å². The van der Waals surface area contributed by atoms with Gasteiger partial charge in [0.15, 0.2) is 11.1 Å². The Morgan fingerprint density at radius 3 is 2.75 bits per heavy atom. The summed E-state index contributed by atoms with van der Waals surface area (Å²) in [6.45, 7) is 0. The molecule has 0 aromatic heterocycles. The van der Waals surface area contributed by atoms with Gasteiger partial charge >= 0.3 is 0 Å². The third-order valence-corrected chi connectivity index (χ3v) is 2.20. The maximum atomic E-state index is 10.6. The van der Waals surface area contributed by atoms with E-state index >= 15 is 0 Å². The summed E-state index contributed by atoms with van der Waals surface area (Å²) in [6, 6.07) is 6.00. The molecular formula is C7H4ClNO2S. The molecule has 0 aliphatic rings. The highest BCUT2D eigenvalue weighted by atomic mass is 35.5. The van der Waals surface area contributed by atoms with Crippen molar-refractivity contribution in [3.8, 4) is 6.07 Å². The molecule has 12 heavy (non-hydrogen) atoms. The van der Waals surface area contributed by atoms with Crippen LogP contribution in [0.15, 0.2) is 23.1 Å². The smallest absolute Gasteiger partial charge is 0.187 e. The van der Waals surface area contributed by atoms with Crippen LogP contribution in [-0.2, 0) is 11.1 Å². The largest absolute Gasteiger partial charge is 0.302 e. The Morgan fingerprint density at radius 1 is 1.58 bits per heavy atom. The van der Waals surface area contributed by atoms with E-state index in [0.29, 0.717) is 5.02 Å². The van der Waals surface area contributed by atoms with Crippen molar-refractivity contribution < 1.29 is 8.76 Å². The number of nitriles is 1. The van der Waals surface area contributed by atoms with E-state index in [4.69, 9.17) is 21.4 Å². The SMILES string of the molecule is N#Cc1ccc(Cl)cc1S(=O)O. The minimum absolute atomic E-state index is 0.0463. The minimum atomic E-state index is -2.16. The number of rotatable bonds is 1. The number of benzene rings is 1. The quantitative estimate of drug-likeness (QED) is 0.705. The first-order valence-electron chi connectivity index (χ1n) is 2.95. The van der Waals surface area contributed by atoms with Gasteiger partial charge in [-0.3, -0.25) is 0 Å². The minimum Gasteiger partial charge on any atom is -0.302 e. The lowest BCUT2D eigenvalue weighted by molar-refractivity contribution is 0.564. The summed E-state index contributed by atoms with van der Waals surface area (Å²) in [7, 11) is 0. The van der Waals surface area contributed by atoms with Crippen LogP contribution in [0, 0.1) is 11.3 Å². The van der Waals surface area contributed by atoms with Crippen LogP contribution in [0.5, 0.6) is 0 Å². The number of hydrogen-bond donors (Lipinski definition) is 1. The summed E-state index contributed by atoms with van der Waals surface area (Å²) >= 11 is 3.41. The van der Waals surface area contributed by atoms with Crippen molar-refractivity contribution >= 4 is 22.7 Å². The fraction of sp³-hybridized carbons (Fsp3) is 0. The van der Waals surface area contributed by atoms with Crippen LogP contribution in [0.3, 0.4) is 0 Å². The summed E-state index contributed by atoms with van der Waals surface area (Å²) in [5.41, 5.74) is 0.167. The molecule has 1 aromatic rings. The molecule has 0 bridgehead atoms. The summed E-state index contributed by atoms with van der Waals surface area (Å²) in [6.07, 6.45) is 0. The molecule has 1 N–H and O–H groups in total. The second-order valence-electron chi connectivity index (χ2n) is 2.00. The molecule has 0 aliphatic heterocycles. The van der Waals surface area contributed by atoms with Gasteiger partial charge in [0.2, 0.25) is 0 Å². The van der Waals surface area contributed by atoms with Gasteiger partial charge in [0.05, 0.1) is 10.5 Å². The molecule has 62 valence electrons. The van der Waals surface area contributed by atoms with E-state index < -0.39 is 11.1 Å². The Kier molecular flexibility index (Phi) is 2.82. The van der Waals surface area contributed by atoms with E-state index in [0.717, 1.165) is 0 Å². The van der Waals surface area contributed by atoms with Gasteiger partial charge in [0.1, 0.15) is 6.07 Å². The fourth-order valence-corrected chi connectivity index (χ4v) is 1.50. The predicted octanol–water partition coefficient (Wildman–Crippen LogP) is 1.79. The first-order valence-corrected chi connectivity index (χ1v) is 4.44. The van der Waals surface area contributed by atoms with Crippen molar-refractivity contribution in [3.05, 3.63) is 28.8 Å². The standard InChI is InChI=1S/C7H4ClNO2S/c8-6-2-1-5(4-9)7(3-6)12(10)11/h1-3H,(H,10,11). The second-order valence-corrected chi connectivity index (χ2v) is 3.38. The summed E-state index contributed by atoms with van der Waals surface area (Å²) in [4.78, 5) is 0.0463. The van der Waals surface area contributed by atoms with Crippen molar-refractivity contribution in [2.75, 3.05) is 0 Å². The highest BCUT2D eigenvalue weighted by Crippen LogP contribution is 2.17. The predicted molar refractivity (Wildman–Crippen MR) is 45.2 cm³/mol. The van der Waals surface area contributed by atoms with Crippen molar-refractivity contribution in [3.63, 3.8) is 0 Å². The Bertz CT molecular complexity index is 372. The van der Waals surface area contributed by atoms with E-state index in [1.165, 1.54) is 18.2 Å². The molecule has 0 saturated carbocycles. The van der Waals surface area contributed by atoms with Gasteiger partial charge in [-0.2, -0.15) is 5.26 Å². The highest BCUT2D eigenvalue weighted by molar-refractivity contribution is 7.79. The molecule has 1 unspecified atom stereocenters. The van der Waals surface area contributed by atoms with Crippen molar-refractivity contribution in [1.29, 1.82) is 5.26 Å². The van der Waals surface area contributed by atoms with Crippen LogP contribution in [0.2, 0.25) is 5.02 Å². The monoisotopic (exact) mass is 201 g/mol. The van der Waals surface area contributed by atoms with Crippen LogP contribution in [0.4, 0.5) is 0 Å². The molecule has 0 spiro atoms. The second kappa shape index (κ2) is 3.68. The zero-order valence-corrected chi connectivity index (χ0v) is 7.39. The van der Waals surface area contributed by atoms with Gasteiger partial charge in [-0.1, -0.05) is 11.6 Å². The molecule has 0 aliphatic carbocycles. The Morgan fingerprint density at radius 2 is 2.25 bits per heavy atom. The van der Waals surface area contributed by atoms with Gasteiger partial charge in [0.25, 0.3) is 0 Å². The molecule has 0 radical (unpaired) electrons. The molecule has 0 saturated heterocycles. The third-order valence-electron chi connectivity index (χ3n) is 1.25. The van der Waals surface area contributed by atoms with E-state index in [9.17, 15) is 4.21 Å². The first kappa shape index (κ1) is 9.20. The Labute approximate surface area is 76.9 Å². The van der Waals surface area contributed by atoms with E-state index in [-0.39, 0.29) is 10.5 Å². The number of hydrogen-bond acceptors (Lipinski definition) is 2. The van der Waals surface area contributed by atoms with Gasteiger partial charge in [-0.05, 0) is 18.2 Å². The van der Waals surface area contributed by atoms with Gasteiger partial charge in [0, 0.05) is 5.02 Å². The van der Waals surface area contributed by atoms with Crippen LogP contribution in [0.25, 0.3) is 0 Å². The zero-order valence-electron chi connectivity index (χ0n) is 5.82. The number of halogens is 1. The first-order chi connectivity index (χ1) is 5.65. The summed E-state index contributed by atoms with van der Waals surface area (Å²) < 4.78 is 19.4. The molecule has 0 fully saturated rings. The average molecular weight is 202 g/mol. The van der Waals surface area contributed by atoms with Crippen molar-refractivity contribution in [2.45, 2.75) is 4.90 Å². The molecule has 1 atom stereocenters. The Hall–Kier alpha value is -0.890. The Balaban J connectivity index is 3.34.